The molecule has 1 aliphatic carbocycles. The Morgan fingerprint density at radius 1 is 1.27 bits per heavy atom. The average molecular weight is 322 g/mol. The maximum Gasteiger partial charge on any atom is 0.289 e. The second-order valence-corrected chi connectivity index (χ2v) is 7.13. The van der Waals surface area contributed by atoms with Crippen LogP contribution in [0.4, 0.5) is 5.69 Å². The van der Waals surface area contributed by atoms with Gasteiger partial charge in [-0.3, -0.25) is 10.1 Å². The zero-order valence-corrected chi connectivity index (χ0v) is 13.0. The van der Waals surface area contributed by atoms with E-state index in [2.05, 4.69) is 5.92 Å². The number of para-hydroxylation sites is 1. The SMILES string of the molecule is C#CCN(C1CCCCC1)S(=O)(=O)c1ccccc1[N+](=O)[O-]. The molecular weight excluding hydrogens is 304 g/mol. The fraction of sp³-hybridized carbons (Fsp3) is 0.467. The van der Waals surface area contributed by atoms with Crippen LogP contribution in [0.1, 0.15) is 32.1 Å². The Labute approximate surface area is 130 Å². The molecule has 2 rings (SSSR count). The van der Waals surface area contributed by atoms with Gasteiger partial charge < -0.3 is 0 Å². The molecule has 1 aliphatic rings. The summed E-state index contributed by atoms with van der Waals surface area (Å²) in [6, 6.07) is 5.20. The minimum absolute atomic E-state index is 0.0704. The first-order valence-corrected chi connectivity index (χ1v) is 8.61. The lowest BCUT2D eigenvalue weighted by Crippen LogP contribution is -2.41. The van der Waals surface area contributed by atoms with Gasteiger partial charge in [0.05, 0.1) is 11.5 Å². The van der Waals surface area contributed by atoms with E-state index in [1.807, 2.05) is 0 Å². The number of benzene rings is 1. The molecule has 0 spiro atoms. The molecule has 0 unspecified atom stereocenters. The van der Waals surface area contributed by atoms with Crippen molar-refractivity contribution in [1.29, 1.82) is 0 Å². The van der Waals surface area contributed by atoms with E-state index >= 15 is 0 Å². The van der Waals surface area contributed by atoms with Crippen LogP contribution in [0.3, 0.4) is 0 Å². The summed E-state index contributed by atoms with van der Waals surface area (Å²) in [5.74, 6) is 2.37. The van der Waals surface area contributed by atoms with Gasteiger partial charge >= 0.3 is 0 Å². The Morgan fingerprint density at radius 3 is 2.50 bits per heavy atom. The number of hydrogen-bond acceptors (Lipinski definition) is 4. The maximum atomic E-state index is 12.9. The van der Waals surface area contributed by atoms with E-state index in [0.717, 1.165) is 32.1 Å². The summed E-state index contributed by atoms with van der Waals surface area (Å²) in [6.45, 7) is -0.0704. The molecule has 1 saturated carbocycles. The van der Waals surface area contributed by atoms with Crippen LogP contribution in [0.25, 0.3) is 0 Å². The Kier molecular flexibility index (Phi) is 5.16. The molecule has 1 aromatic carbocycles. The predicted molar refractivity (Wildman–Crippen MR) is 82.7 cm³/mol. The van der Waals surface area contributed by atoms with Crippen molar-refractivity contribution < 1.29 is 13.3 Å². The molecule has 118 valence electrons. The Balaban J connectivity index is 2.46. The molecule has 0 atom stereocenters. The van der Waals surface area contributed by atoms with E-state index in [0.29, 0.717) is 0 Å². The summed E-state index contributed by atoms with van der Waals surface area (Å²) in [7, 11) is -3.99. The van der Waals surface area contributed by atoms with E-state index in [4.69, 9.17) is 6.42 Å². The molecule has 0 aromatic heterocycles. The van der Waals surface area contributed by atoms with Crippen LogP contribution in [0.5, 0.6) is 0 Å². The highest BCUT2D eigenvalue weighted by Gasteiger charge is 2.35. The Hall–Kier alpha value is -1.91. The quantitative estimate of drug-likeness (QED) is 0.474. The van der Waals surface area contributed by atoms with Crippen LogP contribution >= 0.6 is 0 Å². The van der Waals surface area contributed by atoms with Gasteiger partial charge in [0.2, 0.25) is 0 Å². The zero-order chi connectivity index (χ0) is 16.2. The normalized spacial score (nSPS) is 16.4. The molecule has 1 fully saturated rings. The van der Waals surface area contributed by atoms with Gasteiger partial charge in [0.25, 0.3) is 15.7 Å². The van der Waals surface area contributed by atoms with Gasteiger partial charge in [-0.1, -0.05) is 37.3 Å². The molecule has 0 bridgehead atoms. The summed E-state index contributed by atoms with van der Waals surface area (Å²) in [6.07, 6.45) is 9.75. The summed E-state index contributed by atoms with van der Waals surface area (Å²) < 4.78 is 27.0. The smallest absolute Gasteiger partial charge is 0.258 e. The Morgan fingerprint density at radius 2 is 1.91 bits per heavy atom. The van der Waals surface area contributed by atoms with Crippen molar-refractivity contribution in [2.24, 2.45) is 0 Å². The molecule has 7 heteroatoms. The maximum absolute atomic E-state index is 12.9. The van der Waals surface area contributed by atoms with E-state index < -0.39 is 20.6 Å². The second-order valence-electron chi connectivity index (χ2n) is 5.27. The molecule has 0 saturated heterocycles. The first kappa shape index (κ1) is 16.5. The van der Waals surface area contributed by atoms with Gasteiger partial charge in [0.15, 0.2) is 4.90 Å². The fourth-order valence-corrected chi connectivity index (χ4v) is 4.58. The highest BCUT2D eigenvalue weighted by molar-refractivity contribution is 7.89. The number of rotatable bonds is 5. The van der Waals surface area contributed by atoms with Gasteiger partial charge in [-0.25, -0.2) is 8.42 Å². The van der Waals surface area contributed by atoms with Crippen LogP contribution in [0.2, 0.25) is 0 Å². The third-order valence-electron chi connectivity index (χ3n) is 3.88. The van der Waals surface area contributed by atoms with Crippen molar-refractivity contribution in [1.82, 2.24) is 4.31 Å². The highest BCUT2D eigenvalue weighted by atomic mass is 32.2. The highest BCUT2D eigenvalue weighted by Crippen LogP contribution is 2.31. The summed E-state index contributed by atoms with van der Waals surface area (Å²) in [5.41, 5.74) is -0.416. The molecule has 0 heterocycles. The van der Waals surface area contributed by atoms with Crippen molar-refractivity contribution in [3.05, 3.63) is 34.4 Å². The topological polar surface area (TPSA) is 80.5 Å². The Bertz CT molecular complexity index is 688. The predicted octanol–water partition coefficient (Wildman–Crippen LogP) is 2.55. The van der Waals surface area contributed by atoms with Crippen LogP contribution < -0.4 is 0 Å². The number of sulfonamides is 1. The largest absolute Gasteiger partial charge is 0.289 e. The first-order chi connectivity index (χ1) is 10.5. The van der Waals surface area contributed by atoms with E-state index in [1.54, 1.807) is 0 Å². The minimum atomic E-state index is -3.99. The zero-order valence-electron chi connectivity index (χ0n) is 12.1. The molecular formula is C15H18N2O4S. The van der Waals surface area contributed by atoms with Crippen molar-refractivity contribution in [3.63, 3.8) is 0 Å². The van der Waals surface area contributed by atoms with Crippen LogP contribution in [0, 0.1) is 22.5 Å². The molecule has 0 aliphatic heterocycles. The van der Waals surface area contributed by atoms with Crippen molar-refractivity contribution in [2.45, 2.75) is 43.0 Å². The molecule has 0 N–H and O–H groups in total. The summed E-state index contributed by atoms with van der Waals surface area (Å²) in [4.78, 5) is 10.1. The van der Waals surface area contributed by atoms with E-state index in [1.165, 1.54) is 28.6 Å². The summed E-state index contributed by atoms with van der Waals surface area (Å²) >= 11 is 0. The van der Waals surface area contributed by atoms with Gasteiger partial charge in [-0.2, -0.15) is 4.31 Å². The number of nitro benzene ring substituents is 1. The van der Waals surface area contributed by atoms with Crippen molar-refractivity contribution in [3.8, 4) is 12.3 Å². The fourth-order valence-electron chi connectivity index (χ4n) is 2.82. The standard InChI is InChI=1S/C15H18N2O4S/c1-2-12-16(13-8-4-3-5-9-13)22(20,21)15-11-7-6-10-14(15)17(18)19/h1,6-7,10-11,13H,3-5,8-9,12H2. The third-order valence-corrected chi connectivity index (χ3v) is 5.82. The van der Waals surface area contributed by atoms with E-state index in [-0.39, 0.29) is 17.5 Å². The molecule has 0 amide bonds. The lowest BCUT2D eigenvalue weighted by molar-refractivity contribution is -0.387. The van der Waals surface area contributed by atoms with Gasteiger partial charge in [0.1, 0.15) is 0 Å². The third kappa shape index (κ3) is 3.29. The monoisotopic (exact) mass is 322 g/mol. The number of terminal acetylenes is 1. The lowest BCUT2D eigenvalue weighted by Gasteiger charge is -2.31. The first-order valence-electron chi connectivity index (χ1n) is 7.17. The molecule has 1 aromatic rings. The van der Waals surface area contributed by atoms with Gasteiger partial charge in [-0.15, -0.1) is 6.42 Å². The number of nitrogens with zero attached hydrogens (tertiary/aromatic N) is 2. The minimum Gasteiger partial charge on any atom is -0.258 e. The van der Waals surface area contributed by atoms with E-state index in [9.17, 15) is 18.5 Å². The van der Waals surface area contributed by atoms with Crippen LogP contribution in [-0.2, 0) is 10.0 Å². The molecule has 6 nitrogen and oxygen atoms in total. The van der Waals surface area contributed by atoms with Crippen molar-refractivity contribution >= 4 is 15.7 Å². The van der Waals surface area contributed by atoms with Crippen LogP contribution in [0.15, 0.2) is 29.2 Å². The average Bonchev–Trinajstić information content (AvgIpc) is 2.53. The van der Waals surface area contributed by atoms with Crippen molar-refractivity contribution in [2.75, 3.05) is 6.54 Å². The van der Waals surface area contributed by atoms with Gasteiger partial charge in [0, 0.05) is 12.1 Å². The number of hydrogen-bond donors (Lipinski definition) is 0. The molecule has 22 heavy (non-hydrogen) atoms. The number of nitro groups is 1. The summed E-state index contributed by atoms with van der Waals surface area (Å²) in [5, 5.41) is 11.1. The second kappa shape index (κ2) is 6.90. The molecule has 0 radical (unpaired) electrons. The van der Waals surface area contributed by atoms with Gasteiger partial charge in [-0.05, 0) is 18.9 Å². The lowest BCUT2D eigenvalue weighted by atomic mass is 9.95. The van der Waals surface area contributed by atoms with Crippen LogP contribution in [-0.4, -0.2) is 30.2 Å².